The number of likely N-dealkylation sites (tertiary alicyclic amines) is 1. The summed E-state index contributed by atoms with van der Waals surface area (Å²) in [6.07, 6.45) is 10.1. The van der Waals surface area contributed by atoms with Crippen molar-refractivity contribution >= 4 is 46.4 Å². The first-order chi connectivity index (χ1) is 23.3. The Hall–Kier alpha value is -4.97. The molecule has 0 radical (unpaired) electrons. The molecular weight excluding hydrogens is 608 g/mol. The van der Waals surface area contributed by atoms with Crippen LogP contribution in [0.25, 0.3) is 16.6 Å². The van der Waals surface area contributed by atoms with Crippen LogP contribution in [-0.2, 0) is 27.5 Å². The molecule has 3 aromatic rings. The average Bonchev–Trinajstić information content (AvgIpc) is 3.40. The number of allylic oxidation sites excluding steroid dienone is 1. The fraction of sp³-hybridized carbons (Fsp3) is 0.417. The van der Waals surface area contributed by atoms with E-state index in [9.17, 15) is 19.2 Å². The lowest BCUT2D eigenvalue weighted by Crippen LogP contribution is -2.52. The highest BCUT2D eigenvalue weighted by Crippen LogP contribution is 2.35. The minimum Gasteiger partial charge on any atom is -0.387 e. The first kappa shape index (κ1) is 31.6. The molecule has 2 aromatic carbocycles. The second-order valence-electron chi connectivity index (χ2n) is 13.3. The minimum absolute atomic E-state index is 0.0352. The summed E-state index contributed by atoms with van der Waals surface area (Å²) < 4.78 is 0. The van der Waals surface area contributed by atoms with Gasteiger partial charge in [-0.3, -0.25) is 29.5 Å². The van der Waals surface area contributed by atoms with Crippen LogP contribution >= 0.6 is 0 Å². The smallest absolute Gasteiger partial charge is 0.255 e. The number of hydrogen-bond acceptors (Lipinski definition) is 9. The topological polar surface area (TPSA) is 160 Å². The molecule has 1 atom stereocenters. The van der Waals surface area contributed by atoms with Crippen molar-refractivity contribution in [3.05, 3.63) is 77.2 Å². The second kappa shape index (κ2) is 13.6. The van der Waals surface area contributed by atoms with Crippen LogP contribution in [0, 0.1) is 11.3 Å². The Bertz CT molecular complexity index is 1790. The Labute approximate surface area is 278 Å². The summed E-state index contributed by atoms with van der Waals surface area (Å²) in [4.78, 5) is 62.8. The van der Waals surface area contributed by atoms with E-state index in [0.29, 0.717) is 60.8 Å². The van der Waals surface area contributed by atoms with E-state index >= 15 is 0 Å². The molecule has 7 rings (SSSR count). The van der Waals surface area contributed by atoms with Gasteiger partial charge in [-0.2, -0.15) is 0 Å². The fourth-order valence-electron chi connectivity index (χ4n) is 7.36. The average molecular weight is 649 g/mol. The van der Waals surface area contributed by atoms with Crippen molar-refractivity contribution in [3.8, 4) is 0 Å². The van der Waals surface area contributed by atoms with E-state index in [1.807, 2.05) is 42.6 Å². The number of nitrogens with zero attached hydrogens (tertiary/aromatic N) is 4. The zero-order valence-corrected chi connectivity index (χ0v) is 26.8. The van der Waals surface area contributed by atoms with E-state index in [1.165, 1.54) is 11.1 Å². The Morgan fingerprint density at radius 2 is 1.83 bits per heavy atom. The van der Waals surface area contributed by atoms with E-state index in [0.717, 1.165) is 60.9 Å². The standard InChI is InChI=1S/C36H40N8O4/c37-17-25(31-20-39-29-3-1-2-4-30(29)41-31)19-38-26-9-11-43(12-10-26)27-14-23(15-27)16-34(46)40-18-22-5-6-28-24(13-22)21-44(36(28)48)32-7-8-33(45)42-35(32)47/h1-6,13,17,19-20,23,26-27,32,37-38H,7-12,14-16,18,21H2,(H,40,46)(H,42,45,47)/b25-19+,37-17?. The molecule has 12 heteroatoms. The molecule has 0 bridgehead atoms. The summed E-state index contributed by atoms with van der Waals surface area (Å²) in [5, 5.41) is 16.8. The summed E-state index contributed by atoms with van der Waals surface area (Å²) in [6.45, 7) is 2.72. The third-order valence-electron chi connectivity index (χ3n) is 10.2. The van der Waals surface area contributed by atoms with Crippen LogP contribution in [0.4, 0.5) is 0 Å². The molecule has 48 heavy (non-hydrogen) atoms. The number of rotatable bonds is 10. The summed E-state index contributed by atoms with van der Waals surface area (Å²) in [5.41, 5.74) is 5.35. The third-order valence-corrected chi connectivity index (χ3v) is 10.2. The maximum Gasteiger partial charge on any atom is 0.255 e. The summed E-state index contributed by atoms with van der Waals surface area (Å²) >= 11 is 0. The van der Waals surface area contributed by atoms with Crippen molar-refractivity contribution in [1.29, 1.82) is 5.41 Å². The zero-order valence-electron chi connectivity index (χ0n) is 26.8. The van der Waals surface area contributed by atoms with Gasteiger partial charge in [0.15, 0.2) is 0 Å². The van der Waals surface area contributed by atoms with Gasteiger partial charge >= 0.3 is 0 Å². The van der Waals surface area contributed by atoms with E-state index in [-0.39, 0.29) is 24.1 Å². The number of nitrogens with one attached hydrogen (secondary N) is 4. The normalized spacial score (nSPS) is 23.4. The fourth-order valence-corrected chi connectivity index (χ4v) is 7.36. The summed E-state index contributed by atoms with van der Waals surface area (Å²) in [5.74, 6) is -0.507. The lowest BCUT2D eigenvalue weighted by atomic mass is 9.76. The molecule has 4 heterocycles. The maximum atomic E-state index is 12.9. The molecule has 2 saturated heterocycles. The molecule has 1 aliphatic carbocycles. The molecule has 1 aromatic heterocycles. The van der Waals surface area contributed by atoms with Crippen LogP contribution in [0.5, 0.6) is 0 Å². The van der Waals surface area contributed by atoms with Crippen molar-refractivity contribution in [1.82, 2.24) is 35.7 Å². The van der Waals surface area contributed by atoms with Gasteiger partial charge in [-0.15, -0.1) is 0 Å². The van der Waals surface area contributed by atoms with Gasteiger partial charge in [-0.1, -0.05) is 24.3 Å². The van der Waals surface area contributed by atoms with Gasteiger partial charge in [0.05, 0.1) is 22.9 Å². The van der Waals surface area contributed by atoms with Crippen LogP contribution in [0.15, 0.2) is 54.9 Å². The van der Waals surface area contributed by atoms with E-state index in [2.05, 4.69) is 30.8 Å². The number of piperidine rings is 2. The molecule has 3 aliphatic heterocycles. The number of imide groups is 1. The Morgan fingerprint density at radius 1 is 1.04 bits per heavy atom. The van der Waals surface area contributed by atoms with E-state index < -0.39 is 11.9 Å². The summed E-state index contributed by atoms with van der Waals surface area (Å²) in [6, 6.07) is 13.5. The molecule has 4 amide bonds. The van der Waals surface area contributed by atoms with Crippen LogP contribution in [0.2, 0.25) is 0 Å². The lowest BCUT2D eigenvalue weighted by molar-refractivity contribution is -0.137. The molecule has 0 spiro atoms. The number of amides is 4. The van der Waals surface area contributed by atoms with Gasteiger partial charge in [0.25, 0.3) is 5.91 Å². The number of fused-ring (bicyclic) bond motifs is 2. The predicted octanol–water partition coefficient (Wildman–Crippen LogP) is 2.92. The molecule has 4 N–H and O–H groups in total. The number of carbonyl (C=O) groups excluding carboxylic acids is 4. The predicted molar refractivity (Wildman–Crippen MR) is 179 cm³/mol. The van der Waals surface area contributed by atoms with Crippen molar-refractivity contribution in [2.75, 3.05) is 13.1 Å². The quantitative estimate of drug-likeness (QED) is 0.193. The monoisotopic (exact) mass is 648 g/mol. The van der Waals surface area contributed by atoms with Gasteiger partial charge in [-0.05, 0) is 67.3 Å². The number of carbonyl (C=O) groups is 4. The Morgan fingerprint density at radius 3 is 2.60 bits per heavy atom. The van der Waals surface area contributed by atoms with E-state index in [1.54, 1.807) is 12.3 Å². The lowest BCUT2D eigenvalue weighted by Gasteiger charge is -2.45. The van der Waals surface area contributed by atoms with Crippen LogP contribution in [0.3, 0.4) is 0 Å². The molecule has 248 valence electrons. The SMILES string of the molecule is N=C/C(=C\NC1CCN(C2CC(CC(=O)NCc3ccc4c(c3)CN(C3CCC(=O)NC3=O)C4=O)C2)CC1)c1cnc2ccccc2n1. The van der Waals surface area contributed by atoms with E-state index in [4.69, 9.17) is 5.41 Å². The van der Waals surface area contributed by atoms with Crippen LogP contribution < -0.4 is 16.0 Å². The second-order valence-corrected chi connectivity index (χ2v) is 13.3. The minimum atomic E-state index is -0.638. The van der Waals surface area contributed by atoms with Crippen molar-refractivity contribution in [3.63, 3.8) is 0 Å². The molecular formula is C36H40N8O4. The zero-order chi connectivity index (χ0) is 33.2. The summed E-state index contributed by atoms with van der Waals surface area (Å²) in [7, 11) is 0. The number of benzene rings is 2. The first-order valence-corrected chi connectivity index (χ1v) is 16.8. The number of hydrogen-bond donors (Lipinski definition) is 4. The molecule has 1 unspecified atom stereocenters. The van der Waals surface area contributed by atoms with Gasteiger partial charge < -0.3 is 25.8 Å². The largest absolute Gasteiger partial charge is 0.387 e. The third kappa shape index (κ3) is 6.70. The van der Waals surface area contributed by atoms with Crippen molar-refractivity contribution < 1.29 is 19.2 Å². The Kier molecular flexibility index (Phi) is 8.98. The molecule has 1 saturated carbocycles. The molecule has 4 aliphatic rings. The van der Waals surface area contributed by atoms with Gasteiger partial charge in [0, 0.05) is 74.7 Å². The highest BCUT2D eigenvalue weighted by Gasteiger charge is 2.39. The van der Waals surface area contributed by atoms with Crippen LogP contribution in [0.1, 0.15) is 72.1 Å². The Balaban J connectivity index is 0.821. The molecule has 3 fully saturated rings. The maximum absolute atomic E-state index is 12.9. The van der Waals surface area contributed by atoms with Crippen molar-refractivity contribution in [2.24, 2.45) is 5.92 Å². The van der Waals surface area contributed by atoms with Crippen molar-refractivity contribution in [2.45, 2.75) is 76.2 Å². The highest BCUT2D eigenvalue weighted by molar-refractivity contribution is 6.07. The van der Waals surface area contributed by atoms with Gasteiger partial charge in [0.1, 0.15) is 6.04 Å². The van der Waals surface area contributed by atoms with Gasteiger partial charge in [-0.25, -0.2) is 4.98 Å². The van der Waals surface area contributed by atoms with Gasteiger partial charge in [0.2, 0.25) is 17.7 Å². The number of aromatic nitrogens is 2. The van der Waals surface area contributed by atoms with Crippen LogP contribution in [-0.4, -0.2) is 80.8 Å². The molecule has 12 nitrogen and oxygen atoms in total. The highest BCUT2D eigenvalue weighted by atomic mass is 16.2. The first-order valence-electron chi connectivity index (χ1n) is 16.8. The number of para-hydroxylation sites is 2.